The Kier molecular flexibility index (Phi) is 4.64. The van der Waals surface area contributed by atoms with Gasteiger partial charge in [-0.25, -0.2) is 0 Å². The summed E-state index contributed by atoms with van der Waals surface area (Å²) >= 11 is 0. The Bertz CT molecular complexity index is 569. The van der Waals surface area contributed by atoms with E-state index >= 15 is 0 Å². The van der Waals surface area contributed by atoms with Gasteiger partial charge in [0, 0.05) is 31.5 Å². The Morgan fingerprint density at radius 3 is 2.87 bits per heavy atom. The first-order valence-electron chi connectivity index (χ1n) is 8.65. The number of rotatable bonds is 5. The number of carbonyl (C=O) groups is 2. The molecule has 124 valence electrons. The maximum Gasteiger partial charge on any atom is 0.238 e. The first kappa shape index (κ1) is 16.0. The molecule has 1 aliphatic carbocycles. The van der Waals surface area contributed by atoms with E-state index in [2.05, 4.69) is 17.2 Å². The lowest BCUT2D eigenvalue weighted by molar-refractivity contribution is -0.147. The van der Waals surface area contributed by atoms with E-state index in [1.165, 1.54) is 6.42 Å². The molecule has 1 aliphatic heterocycles. The topological polar surface area (TPSA) is 62.3 Å². The second kappa shape index (κ2) is 6.69. The van der Waals surface area contributed by atoms with Crippen LogP contribution in [0.1, 0.15) is 51.0 Å². The van der Waals surface area contributed by atoms with Crippen molar-refractivity contribution in [2.75, 3.05) is 6.54 Å². The second-order valence-electron chi connectivity index (χ2n) is 6.68. The minimum absolute atomic E-state index is 0.0488. The van der Waals surface area contributed by atoms with Gasteiger partial charge in [0.25, 0.3) is 0 Å². The average Bonchev–Trinajstić information content (AvgIpc) is 3.42. The molecule has 2 heterocycles. The van der Waals surface area contributed by atoms with Crippen LogP contribution in [0.25, 0.3) is 0 Å². The van der Waals surface area contributed by atoms with Crippen molar-refractivity contribution in [3.05, 3.63) is 30.1 Å². The Morgan fingerprint density at radius 1 is 1.39 bits per heavy atom. The molecule has 0 radical (unpaired) electrons. The molecule has 5 heteroatoms. The van der Waals surface area contributed by atoms with Gasteiger partial charge in [0.1, 0.15) is 5.41 Å². The Hall–Kier alpha value is -1.91. The Balaban J connectivity index is 1.63. The predicted octanol–water partition coefficient (Wildman–Crippen LogP) is 2.27. The first-order valence-corrected chi connectivity index (χ1v) is 8.65. The number of likely N-dealkylation sites (tertiary alicyclic amines) is 1. The zero-order valence-electron chi connectivity index (χ0n) is 13.8. The van der Waals surface area contributed by atoms with E-state index < -0.39 is 5.41 Å². The van der Waals surface area contributed by atoms with Gasteiger partial charge in [-0.05, 0) is 50.2 Å². The molecule has 2 amide bonds. The number of hydrogen-bond acceptors (Lipinski definition) is 3. The molecule has 23 heavy (non-hydrogen) atoms. The van der Waals surface area contributed by atoms with E-state index in [0.717, 1.165) is 31.4 Å². The summed E-state index contributed by atoms with van der Waals surface area (Å²) in [5.41, 5.74) is 0.154. The molecule has 1 saturated heterocycles. The first-order chi connectivity index (χ1) is 11.2. The third-order valence-corrected chi connectivity index (χ3v) is 5.13. The van der Waals surface area contributed by atoms with Gasteiger partial charge >= 0.3 is 0 Å². The third kappa shape index (κ3) is 3.23. The molecule has 3 rings (SSSR count). The number of piperidine rings is 1. The summed E-state index contributed by atoms with van der Waals surface area (Å²) in [6, 6.07) is 4.07. The molecule has 1 atom stereocenters. The van der Waals surface area contributed by atoms with E-state index in [1.54, 1.807) is 12.4 Å². The van der Waals surface area contributed by atoms with Crippen LogP contribution in [0.15, 0.2) is 24.5 Å². The Morgan fingerprint density at radius 2 is 2.22 bits per heavy atom. The number of nitrogens with one attached hydrogen (secondary N) is 1. The molecule has 0 spiro atoms. The van der Waals surface area contributed by atoms with Crippen LogP contribution in [0.3, 0.4) is 0 Å². The molecule has 5 nitrogen and oxygen atoms in total. The van der Waals surface area contributed by atoms with Crippen molar-refractivity contribution in [1.29, 1.82) is 0 Å². The van der Waals surface area contributed by atoms with Crippen molar-refractivity contribution >= 4 is 11.8 Å². The molecular weight excluding hydrogens is 290 g/mol. The maximum atomic E-state index is 13.0. The van der Waals surface area contributed by atoms with Gasteiger partial charge < -0.3 is 10.2 Å². The lowest BCUT2D eigenvalue weighted by Crippen LogP contribution is -2.50. The van der Waals surface area contributed by atoms with Crippen LogP contribution in [-0.2, 0) is 16.1 Å². The summed E-state index contributed by atoms with van der Waals surface area (Å²) in [6.07, 6.45) is 9.07. The molecule has 0 aromatic carbocycles. The van der Waals surface area contributed by atoms with E-state index in [9.17, 15) is 9.59 Å². The molecular formula is C18H25N3O2. The number of hydrogen-bond donors (Lipinski definition) is 1. The minimum atomic E-state index is -0.799. The van der Waals surface area contributed by atoms with Gasteiger partial charge in [0.2, 0.25) is 11.8 Å². The number of carbonyl (C=O) groups excluding carboxylic acids is 2. The highest BCUT2D eigenvalue weighted by Gasteiger charge is 2.58. The SMILES string of the molecule is CCC1CCCCN1C(=O)C1(C(=O)NCc2cccnc2)CC1. The van der Waals surface area contributed by atoms with Gasteiger partial charge in [0.05, 0.1) is 0 Å². The number of pyridine rings is 1. The van der Waals surface area contributed by atoms with Crippen molar-refractivity contribution in [3.8, 4) is 0 Å². The normalized spacial score (nSPS) is 22.5. The fourth-order valence-electron chi connectivity index (χ4n) is 3.48. The molecule has 1 saturated carbocycles. The van der Waals surface area contributed by atoms with Crippen molar-refractivity contribution in [2.45, 2.75) is 58.0 Å². The molecule has 1 aromatic heterocycles. The highest BCUT2D eigenvalue weighted by molar-refractivity contribution is 6.08. The van der Waals surface area contributed by atoms with E-state index in [-0.39, 0.29) is 11.8 Å². The molecule has 1 aromatic rings. The predicted molar refractivity (Wildman–Crippen MR) is 87.4 cm³/mol. The van der Waals surface area contributed by atoms with Gasteiger partial charge in [-0.3, -0.25) is 14.6 Å². The fourth-order valence-corrected chi connectivity index (χ4v) is 3.48. The van der Waals surface area contributed by atoms with E-state index in [0.29, 0.717) is 25.4 Å². The highest BCUT2D eigenvalue weighted by atomic mass is 16.2. The molecule has 1 unspecified atom stereocenters. The smallest absolute Gasteiger partial charge is 0.238 e. The van der Waals surface area contributed by atoms with Crippen molar-refractivity contribution < 1.29 is 9.59 Å². The Labute approximate surface area is 137 Å². The summed E-state index contributed by atoms with van der Waals surface area (Å²) in [6.45, 7) is 3.35. The third-order valence-electron chi connectivity index (χ3n) is 5.13. The van der Waals surface area contributed by atoms with Crippen LogP contribution in [-0.4, -0.2) is 34.3 Å². The van der Waals surface area contributed by atoms with Crippen LogP contribution in [0.5, 0.6) is 0 Å². The van der Waals surface area contributed by atoms with Gasteiger partial charge in [-0.2, -0.15) is 0 Å². The average molecular weight is 315 g/mol. The number of nitrogens with zero attached hydrogens (tertiary/aromatic N) is 2. The molecule has 1 N–H and O–H groups in total. The van der Waals surface area contributed by atoms with Crippen LogP contribution in [0, 0.1) is 5.41 Å². The fraction of sp³-hybridized carbons (Fsp3) is 0.611. The van der Waals surface area contributed by atoms with Gasteiger partial charge in [0.15, 0.2) is 0 Å². The van der Waals surface area contributed by atoms with Crippen molar-refractivity contribution in [1.82, 2.24) is 15.2 Å². The van der Waals surface area contributed by atoms with Crippen LogP contribution >= 0.6 is 0 Å². The highest BCUT2D eigenvalue weighted by Crippen LogP contribution is 2.48. The van der Waals surface area contributed by atoms with E-state index in [4.69, 9.17) is 0 Å². The van der Waals surface area contributed by atoms with E-state index in [1.807, 2.05) is 17.0 Å². The van der Waals surface area contributed by atoms with Crippen LogP contribution < -0.4 is 5.32 Å². The largest absolute Gasteiger partial charge is 0.351 e. The summed E-state index contributed by atoms with van der Waals surface area (Å²) in [5, 5.41) is 2.93. The quantitative estimate of drug-likeness (QED) is 0.848. The maximum absolute atomic E-state index is 13.0. The zero-order chi connectivity index (χ0) is 16.3. The van der Waals surface area contributed by atoms with Crippen LogP contribution in [0.4, 0.5) is 0 Å². The number of amides is 2. The van der Waals surface area contributed by atoms with Crippen LogP contribution in [0.2, 0.25) is 0 Å². The lowest BCUT2D eigenvalue weighted by atomic mass is 9.95. The second-order valence-corrected chi connectivity index (χ2v) is 6.68. The van der Waals surface area contributed by atoms with Crippen molar-refractivity contribution in [2.24, 2.45) is 5.41 Å². The molecule has 2 fully saturated rings. The van der Waals surface area contributed by atoms with Gasteiger partial charge in [-0.15, -0.1) is 0 Å². The monoisotopic (exact) mass is 315 g/mol. The zero-order valence-corrected chi connectivity index (χ0v) is 13.8. The van der Waals surface area contributed by atoms with Crippen molar-refractivity contribution in [3.63, 3.8) is 0 Å². The molecule has 0 bridgehead atoms. The summed E-state index contributed by atoms with van der Waals surface area (Å²) < 4.78 is 0. The minimum Gasteiger partial charge on any atom is -0.351 e. The molecule has 2 aliphatic rings. The van der Waals surface area contributed by atoms with Gasteiger partial charge in [-0.1, -0.05) is 13.0 Å². The summed E-state index contributed by atoms with van der Waals surface area (Å²) in [5.74, 6) is -0.0699. The summed E-state index contributed by atoms with van der Waals surface area (Å²) in [4.78, 5) is 31.6. The standard InChI is InChI=1S/C18H25N3O2/c1-2-15-7-3-4-11-21(15)17(23)18(8-9-18)16(22)20-13-14-6-5-10-19-12-14/h5-6,10,12,15H,2-4,7-9,11,13H2,1H3,(H,20,22). The lowest BCUT2D eigenvalue weighted by Gasteiger charge is -2.37. The number of aromatic nitrogens is 1. The summed E-state index contributed by atoms with van der Waals surface area (Å²) in [7, 11) is 0.